The van der Waals surface area contributed by atoms with E-state index in [1.807, 2.05) is 30.2 Å². The predicted molar refractivity (Wildman–Crippen MR) is 91.9 cm³/mol. The van der Waals surface area contributed by atoms with Crippen molar-refractivity contribution >= 4 is 11.6 Å². The number of hydrogen-bond acceptors (Lipinski definition) is 6. The number of hydrogen-bond donors (Lipinski definition) is 2. The van der Waals surface area contributed by atoms with Gasteiger partial charge in [0.1, 0.15) is 17.5 Å². The van der Waals surface area contributed by atoms with Crippen LogP contribution in [0.5, 0.6) is 0 Å². The van der Waals surface area contributed by atoms with Gasteiger partial charge >= 0.3 is 0 Å². The molecular formula is C17H23N5O. The molecule has 2 aliphatic rings. The highest BCUT2D eigenvalue weighted by Gasteiger charge is 2.22. The lowest BCUT2D eigenvalue weighted by molar-refractivity contribution is 0.198. The molecule has 1 fully saturated rings. The van der Waals surface area contributed by atoms with Gasteiger partial charge in [0.05, 0.1) is 12.1 Å². The molecule has 2 N–H and O–H groups in total. The fourth-order valence-electron chi connectivity index (χ4n) is 2.89. The minimum absolute atomic E-state index is 0.246. The van der Waals surface area contributed by atoms with Gasteiger partial charge in [-0.2, -0.15) is 0 Å². The zero-order chi connectivity index (χ0) is 16.4. The Hall–Kier alpha value is -2.34. The summed E-state index contributed by atoms with van der Waals surface area (Å²) < 4.78 is 0. The Labute approximate surface area is 136 Å². The van der Waals surface area contributed by atoms with Gasteiger partial charge in [0.15, 0.2) is 0 Å². The summed E-state index contributed by atoms with van der Waals surface area (Å²) in [6.45, 7) is 9.24. The first-order valence-corrected chi connectivity index (χ1v) is 7.91. The van der Waals surface area contributed by atoms with Crippen LogP contribution in [-0.2, 0) is 0 Å². The number of aliphatic hydroxyl groups is 1. The molecule has 0 bridgehead atoms. The van der Waals surface area contributed by atoms with Gasteiger partial charge in [0, 0.05) is 31.1 Å². The highest BCUT2D eigenvalue weighted by Crippen LogP contribution is 2.22. The van der Waals surface area contributed by atoms with Crippen molar-refractivity contribution in [2.75, 3.05) is 23.3 Å². The smallest absolute Gasteiger partial charge is 0.136 e. The van der Waals surface area contributed by atoms with E-state index in [2.05, 4.69) is 39.8 Å². The van der Waals surface area contributed by atoms with E-state index in [1.165, 1.54) is 0 Å². The molecule has 2 aliphatic heterocycles. The Bertz CT molecular complexity index is 654. The van der Waals surface area contributed by atoms with Gasteiger partial charge in [-0.15, -0.1) is 0 Å². The largest absolute Gasteiger partial charge is 0.391 e. The highest BCUT2D eigenvalue weighted by molar-refractivity contribution is 5.54. The highest BCUT2D eigenvalue weighted by atomic mass is 16.3. The second-order valence-electron chi connectivity index (χ2n) is 5.98. The molecule has 23 heavy (non-hydrogen) atoms. The minimum Gasteiger partial charge on any atom is -0.391 e. The summed E-state index contributed by atoms with van der Waals surface area (Å²) >= 11 is 0. The van der Waals surface area contributed by atoms with Crippen LogP contribution in [0.3, 0.4) is 0 Å². The Morgan fingerprint density at radius 2 is 2.26 bits per heavy atom. The number of aromatic nitrogens is 2. The minimum atomic E-state index is -0.267. The quantitative estimate of drug-likeness (QED) is 0.886. The van der Waals surface area contributed by atoms with E-state index in [4.69, 9.17) is 0 Å². The normalized spacial score (nSPS) is 23.9. The summed E-state index contributed by atoms with van der Waals surface area (Å²) in [6, 6.07) is 2.18. The van der Waals surface area contributed by atoms with E-state index in [9.17, 15) is 5.11 Å². The molecule has 0 amide bonds. The fourth-order valence-corrected chi connectivity index (χ4v) is 2.89. The van der Waals surface area contributed by atoms with Crippen molar-refractivity contribution in [1.29, 1.82) is 0 Å². The second-order valence-corrected chi connectivity index (χ2v) is 5.98. The van der Waals surface area contributed by atoms with Crippen molar-refractivity contribution in [3.05, 3.63) is 48.7 Å². The van der Waals surface area contributed by atoms with Crippen LogP contribution in [0, 0.1) is 6.92 Å². The van der Waals surface area contributed by atoms with Crippen molar-refractivity contribution in [2.24, 2.45) is 0 Å². The summed E-state index contributed by atoms with van der Waals surface area (Å²) in [6.07, 6.45) is 8.44. The molecule has 0 spiro atoms. The maximum atomic E-state index is 9.71. The maximum absolute atomic E-state index is 9.71. The van der Waals surface area contributed by atoms with Crippen LogP contribution in [0.2, 0.25) is 0 Å². The SMILES string of the molecule is C=CN1C=CC(Nc2cc(N3CCC(O)C3)nc(C)n2)=CC1C. The van der Waals surface area contributed by atoms with Gasteiger partial charge in [-0.05, 0) is 38.6 Å². The lowest BCUT2D eigenvalue weighted by Crippen LogP contribution is -2.25. The van der Waals surface area contributed by atoms with Crippen molar-refractivity contribution in [3.8, 4) is 0 Å². The maximum Gasteiger partial charge on any atom is 0.136 e. The third kappa shape index (κ3) is 3.53. The second kappa shape index (κ2) is 6.42. The van der Waals surface area contributed by atoms with Gasteiger partial charge in [-0.1, -0.05) is 6.58 Å². The molecule has 2 unspecified atom stereocenters. The Morgan fingerprint density at radius 1 is 1.43 bits per heavy atom. The van der Waals surface area contributed by atoms with Crippen LogP contribution < -0.4 is 10.2 Å². The summed E-state index contributed by atoms with van der Waals surface area (Å²) in [7, 11) is 0. The fraction of sp³-hybridized carbons (Fsp3) is 0.412. The summed E-state index contributed by atoms with van der Waals surface area (Å²) in [4.78, 5) is 13.1. The number of nitrogens with one attached hydrogen (secondary N) is 1. The lowest BCUT2D eigenvalue weighted by Gasteiger charge is -2.26. The molecule has 0 aromatic carbocycles. The van der Waals surface area contributed by atoms with Crippen molar-refractivity contribution in [2.45, 2.75) is 32.4 Å². The van der Waals surface area contributed by atoms with E-state index in [0.717, 1.165) is 30.3 Å². The van der Waals surface area contributed by atoms with Crippen LogP contribution in [0.25, 0.3) is 0 Å². The molecule has 1 saturated heterocycles. The number of β-amino-alcohol motifs (C(OH)–C–C–N with tert-alkyl or cyclic N) is 1. The van der Waals surface area contributed by atoms with Crippen LogP contribution in [0.4, 0.5) is 11.6 Å². The lowest BCUT2D eigenvalue weighted by atomic mass is 10.2. The van der Waals surface area contributed by atoms with Gasteiger partial charge in [-0.3, -0.25) is 0 Å². The third-order valence-corrected chi connectivity index (χ3v) is 4.11. The molecule has 1 aromatic heterocycles. The summed E-state index contributed by atoms with van der Waals surface area (Å²) in [5.74, 6) is 2.34. The van der Waals surface area contributed by atoms with Crippen LogP contribution >= 0.6 is 0 Å². The Kier molecular flexibility index (Phi) is 4.34. The monoisotopic (exact) mass is 313 g/mol. The Balaban J connectivity index is 1.77. The number of aliphatic hydroxyl groups excluding tert-OH is 1. The van der Waals surface area contributed by atoms with Gasteiger partial charge in [0.25, 0.3) is 0 Å². The van der Waals surface area contributed by atoms with E-state index < -0.39 is 0 Å². The third-order valence-electron chi connectivity index (χ3n) is 4.11. The van der Waals surface area contributed by atoms with Gasteiger partial charge in [-0.25, -0.2) is 9.97 Å². The molecule has 0 radical (unpaired) electrons. The average Bonchev–Trinajstić information content (AvgIpc) is 2.93. The molecule has 0 aliphatic carbocycles. The summed E-state index contributed by atoms with van der Waals surface area (Å²) in [5, 5.41) is 13.1. The number of nitrogens with zero attached hydrogens (tertiary/aromatic N) is 4. The number of rotatable bonds is 4. The molecule has 6 nitrogen and oxygen atoms in total. The molecule has 2 atom stereocenters. The average molecular weight is 313 g/mol. The summed E-state index contributed by atoms with van der Waals surface area (Å²) in [5.41, 5.74) is 1.00. The number of aryl methyl sites for hydroxylation is 1. The molecule has 122 valence electrons. The predicted octanol–water partition coefficient (Wildman–Crippen LogP) is 2.01. The molecule has 1 aromatic rings. The first-order chi connectivity index (χ1) is 11.0. The van der Waals surface area contributed by atoms with Gasteiger partial charge < -0.3 is 20.2 Å². The molecule has 3 heterocycles. The number of anilines is 2. The zero-order valence-electron chi connectivity index (χ0n) is 13.6. The molecular weight excluding hydrogens is 290 g/mol. The van der Waals surface area contributed by atoms with Crippen molar-refractivity contribution in [1.82, 2.24) is 14.9 Å². The van der Waals surface area contributed by atoms with Crippen LogP contribution in [0.15, 0.2) is 42.9 Å². The van der Waals surface area contributed by atoms with Crippen molar-refractivity contribution < 1.29 is 5.11 Å². The van der Waals surface area contributed by atoms with E-state index >= 15 is 0 Å². The standard InChI is InChI=1S/C17H23N5O/c1-4-21-7-5-14(9-12(21)2)20-16-10-17(19-13(3)18-16)22-8-6-15(23)11-22/h4-5,7,9-10,12,15,23H,1,6,8,11H2,2-3H3,(H,18,19,20). The molecule has 6 heteroatoms. The van der Waals surface area contributed by atoms with Crippen molar-refractivity contribution in [3.63, 3.8) is 0 Å². The van der Waals surface area contributed by atoms with Crippen LogP contribution in [0.1, 0.15) is 19.2 Å². The van der Waals surface area contributed by atoms with E-state index in [1.54, 1.807) is 6.20 Å². The zero-order valence-corrected chi connectivity index (χ0v) is 13.6. The van der Waals surface area contributed by atoms with E-state index in [-0.39, 0.29) is 12.1 Å². The first kappa shape index (κ1) is 15.6. The van der Waals surface area contributed by atoms with Gasteiger partial charge in [0.2, 0.25) is 0 Å². The molecule has 0 saturated carbocycles. The topological polar surface area (TPSA) is 64.5 Å². The Morgan fingerprint density at radius 3 is 2.91 bits per heavy atom. The molecule has 3 rings (SSSR count). The van der Waals surface area contributed by atoms with Crippen LogP contribution in [-0.4, -0.2) is 45.2 Å². The van der Waals surface area contributed by atoms with E-state index in [0.29, 0.717) is 12.4 Å². The number of allylic oxidation sites excluding steroid dienone is 1. The first-order valence-electron chi connectivity index (χ1n) is 7.91.